The highest BCUT2D eigenvalue weighted by atomic mass is 32.1. The van der Waals surface area contributed by atoms with E-state index in [-0.39, 0.29) is 0 Å². The Kier molecular flexibility index (Phi) is 4.17. The largest absolute Gasteiger partial charge is 0.497 e. The minimum Gasteiger partial charge on any atom is -0.497 e. The van der Waals surface area contributed by atoms with Crippen LogP contribution in [-0.2, 0) is 13.1 Å². The molecule has 3 N–H and O–H groups in total. The van der Waals surface area contributed by atoms with Crippen LogP contribution < -0.4 is 15.8 Å². The molecule has 0 amide bonds. The molecule has 0 saturated heterocycles. The zero-order valence-electron chi connectivity index (χ0n) is 10.6. The first-order valence-corrected chi connectivity index (χ1v) is 6.55. The first-order chi connectivity index (χ1) is 8.69. The van der Waals surface area contributed by atoms with Gasteiger partial charge in [-0.1, -0.05) is 0 Å². The van der Waals surface area contributed by atoms with E-state index in [1.807, 2.05) is 24.4 Å². The number of aromatic nitrogens is 1. The van der Waals surface area contributed by atoms with Crippen molar-refractivity contribution >= 4 is 17.0 Å². The molecule has 0 bridgehead atoms. The highest BCUT2D eigenvalue weighted by molar-refractivity contribution is 7.11. The second-order valence-electron chi connectivity index (χ2n) is 4.03. The molecule has 0 spiro atoms. The van der Waals surface area contributed by atoms with E-state index in [1.54, 1.807) is 18.4 Å². The average Bonchev–Trinajstić information content (AvgIpc) is 2.77. The molecule has 0 fully saturated rings. The number of nitrogens with two attached hydrogens (primary N) is 1. The maximum Gasteiger partial charge on any atom is 0.119 e. The van der Waals surface area contributed by atoms with Crippen molar-refractivity contribution in [1.29, 1.82) is 0 Å². The molecule has 1 heterocycles. The summed E-state index contributed by atoms with van der Waals surface area (Å²) in [6.07, 6.45) is 1.89. The van der Waals surface area contributed by atoms with Crippen molar-refractivity contribution in [2.75, 3.05) is 12.8 Å². The Bertz CT molecular complexity index is 525. The van der Waals surface area contributed by atoms with Crippen molar-refractivity contribution in [3.63, 3.8) is 0 Å². The molecule has 0 atom stereocenters. The summed E-state index contributed by atoms with van der Waals surface area (Å²) in [6, 6.07) is 5.68. The van der Waals surface area contributed by atoms with Gasteiger partial charge >= 0.3 is 0 Å². The SMILES string of the molecule is COc1ccc(N)c(CNCc2ncc(C)s2)c1. The van der Waals surface area contributed by atoms with Crippen LogP contribution in [0.15, 0.2) is 24.4 Å². The number of nitrogens with zero attached hydrogens (tertiary/aromatic N) is 1. The molecular formula is C13H17N3OS. The third-order valence-electron chi connectivity index (χ3n) is 2.61. The van der Waals surface area contributed by atoms with Crippen molar-refractivity contribution in [1.82, 2.24) is 10.3 Å². The van der Waals surface area contributed by atoms with Crippen molar-refractivity contribution in [2.24, 2.45) is 0 Å². The van der Waals surface area contributed by atoms with Crippen molar-refractivity contribution in [3.05, 3.63) is 39.8 Å². The number of aryl methyl sites for hydroxylation is 1. The van der Waals surface area contributed by atoms with Crippen LogP contribution in [0.1, 0.15) is 15.4 Å². The summed E-state index contributed by atoms with van der Waals surface area (Å²) in [5.74, 6) is 0.825. The van der Waals surface area contributed by atoms with Crippen LogP contribution in [0.25, 0.3) is 0 Å². The van der Waals surface area contributed by atoms with Crippen LogP contribution in [0.2, 0.25) is 0 Å². The molecule has 18 heavy (non-hydrogen) atoms. The molecule has 0 aliphatic carbocycles. The molecule has 4 nitrogen and oxygen atoms in total. The molecule has 0 saturated carbocycles. The first kappa shape index (κ1) is 12.9. The summed E-state index contributed by atoms with van der Waals surface area (Å²) < 4.78 is 5.18. The van der Waals surface area contributed by atoms with E-state index in [0.29, 0.717) is 6.54 Å². The van der Waals surface area contributed by atoms with E-state index in [2.05, 4.69) is 17.2 Å². The molecule has 0 radical (unpaired) electrons. The molecule has 1 aromatic carbocycles. The summed E-state index contributed by atoms with van der Waals surface area (Å²) >= 11 is 1.71. The molecule has 2 aromatic rings. The number of anilines is 1. The smallest absolute Gasteiger partial charge is 0.119 e. The predicted molar refractivity (Wildman–Crippen MR) is 74.8 cm³/mol. The second kappa shape index (κ2) is 5.84. The number of nitrogens with one attached hydrogen (secondary N) is 1. The molecule has 0 unspecified atom stereocenters. The lowest BCUT2D eigenvalue weighted by Gasteiger charge is -2.08. The van der Waals surface area contributed by atoms with Crippen molar-refractivity contribution in [2.45, 2.75) is 20.0 Å². The molecule has 5 heteroatoms. The van der Waals surface area contributed by atoms with E-state index in [4.69, 9.17) is 10.5 Å². The van der Waals surface area contributed by atoms with Gasteiger partial charge in [-0.2, -0.15) is 0 Å². The quantitative estimate of drug-likeness (QED) is 0.813. The number of ether oxygens (including phenoxy) is 1. The van der Waals surface area contributed by atoms with E-state index >= 15 is 0 Å². The predicted octanol–water partition coefficient (Wildman–Crippen LogP) is 2.33. The lowest BCUT2D eigenvalue weighted by molar-refractivity contribution is 0.414. The Morgan fingerprint density at radius 3 is 2.89 bits per heavy atom. The minimum atomic E-state index is 0.710. The van der Waals surface area contributed by atoms with Crippen LogP contribution in [-0.4, -0.2) is 12.1 Å². The summed E-state index contributed by atoms with van der Waals surface area (Å²) in [5, 5.41) is 4.43. The molecule has 0 aliphatic rings. The highest BCUT2D eigenvalue weighted by Crippen LogP contribution is 2.19. The number of benzene rings is 1. The Morgan fingerprint density at radius 1 is 1.39 bits per heavy atom. The van der Waals surface area contributed by atoms with Crippen molar-refractivity contribution < 1.29 is 4.74 Å². The summed E-state index contributed by atoms with van der Waals surface area (Å²) in [6.45, 7) is 3.53. The Labute approximate surface area is 111 Å². The van der Waals surface area contributed by atoms with Gasteiger partial charge in [0.1, 0.15) is 10.8 Å². The number of methoxy groups -OCH3 is 1. The number of rotatable bonds is 5. The van der Waals surface area contributed by atoms with Crippen molar-refractivity contribution in [3.8, 4) is 5.75 Å². The van der Waals surface area contributed by atoms with Gasteiger partial charge in [0.15, 0.2) is 0 Å². The standard InChI is InChI=1S/C13H17N3OS/c1-9-6-16-13(18-9)8-15-7-10-5-11(17-2)3-4-12(10)14/h3-6,15H,7-8,14H2,1-2H3. The minimum absolute atomic E-state index is 0.710. The summed E-state index contributed by atoms with van der Waals surface area (Å²) in [5.41, 5.74) is 7.74. The molecule has 96 valence electrons. The van der Waals surface area contributed by atoms with Gasteiger partial charge in [0.05, 0.1) is 7.11 Å². The fourth-order valence-electron chi connectivity index (χ4n) is 1.65. The third kappa shape index (κ3) is 3.21. The number of thiazole rings is 1. The molecule has 1 aromatic heterocycles. The molecule has 0 aliphatic heterocycles. The monoisotopic (exact) mass is 263 g/mol. The van der Waals surface area contributed by atoms with Crippen LogP contribution in [0.3, 0.4) is 0 Å². The van der Waals surface area contributed by atoms with Crippen LogP contribution in [0, 0.1) is 6.92 Å². The van der Waals surface area contributed by atoms with Crippen LogP contribution in [0.4, 0.5) is 5.69 Å². The lowest BCUT2D eigenvalue weighted by atomic mass is 10.1. The Hall–Kier alpha value is -1.59. The van der Waals surface area contributed by atoms with Gasteiger partial charge in [0, 0.05) is 29.9 Å². The van der Waals surface area contributed by atoms with Gasteiger partial charge in [-0.15, -0.1) is 11.3 Å². The van der Waals surface area contributed by atoms with E-state index in [9.17, 15) is 0 Å². The fraction of sp³-hybridized carbons (Fsp3) is 0.308. The molecular weight excluding hydrogens is 246 g/mol. The van der Waals surface area contributed by atoms with E-state index < -0.39 is 0 Å². The zero-order chi connectivity index (χ0) is 13.0. The van der Waals surface area contributed by atoms with E-state index in [1.165, 1.54) is 4.88 Å². The average molecular weight is 263 g/mol. The van der Waals surface area contributed by atoms with Gasteiger partial charge in [0.25, 0.3) is 0 Å². The second-order valence-corrected chi connectivity index (χ2v) is 5.35. The Balaban J connectivity index is 1.93. The number of nitrogen functional groups attached to an aromatic ring is 1. The number of hydrogen-bond donors (Lipinski definition) is 2. The third-order valence-corrected chi connectivity index (χ3v) is 3.52. The van der Waals surface area contributed by atoms with Gasteiger partial charge < -0.3 is 15.8 Å². The number of hydrogen-bond acceptors (Lipinski definition) is 5. The zero-order valence-corrected chi connectivity index (χ0v) is 11.4. The van der Waals surface area contributed by atoms with Crippen LogP contribution >= 0.6 is 11.3 Å². The topological polar surface area (TPSA) is 60.2 Å². The van der Waals surface area contributed by atoms with Crippen LogP contribution in [0.5, 0.6) is 5.75 Å². The fourth-order valence-corrected chi connectivity index (χ4v) is 2.41. The summed E-state index contributed by atoms with van der Waals surface area (Å²) in [7, 11) is 1.65. The lowest BCUT2D eigenvalue weighted by Crippen LogP contribution is -2.13. The maximum absolute atomic E-state index is 5.92. The van der Waals surface area contributed by atoms with Gasteiger partial charge in [-0.05, 0) is 30.7 Å². The van der Waals surface area contributed by atoms with Gasteiger partial charge in [0.2, 0.25) is 0 Å². The maximum atomic E-state index is 5.92. The Morgan fingerprint density at radius 2 is 2.22 bits per heavy atom. The molecule has 2 rings (SSSR count). The normalized spacial score (nSPS) is 10.6. The summed E-state index contributed by atoms with van der Waals surface area (Å²) in [4.78, 5) is 5.53. The van der Waals surface area contributed by atoms with E-state index in [0.717, 1.165) is 28.6 Å². The van der Waals surface area contributed by atoms with Gasteiger partial charge in [-0.3, -0.25) is 0 Å². The first-order valence-electron chi connectivity index (χ1n) is 5.73. The van der Waals surface area contributed by atoms with Gasteiger partial charge in [-0.25, -0.2) is 4.98 Å². The highest BCUT2D eigenvalue weighted by Gasteiger charge is 2.03.